The first-order valence-corrected chi connectivity index (χ1v) is 5.23. The van der Waals surface area contributed by atoms with E-state index >= 15 is 0 Å². The number of thiazole rings is 1. The fourth-order valence-corrected chi connectivity index (χ4v) is 2.70. The van der Waals surface area contributed by atoms with Crippen LogP contribution in [0.25, 0.3) is 10.2 Å². The number of nitrogens with zero attached hydrogens (tertiary/aromatic N) is 2. The van der Waals surface area contributed by atoms with E-state index in [1.807, 2.05) is 0 Å². The van der Waals surface area contributed by atoms with Crippen molar-refractivity contribution in [3.05, 3.63) is 20.8 Å². The summed E-state index contributed by atoms with van der Waals surface area (Å²) in [5.41, 5.74) is 0.927. The summed E-state index contributed by atoms with van der Waals surface area (Å²) in [4.78, 5) is 8.22. The van der Waals surface area contributed by atoms with E-state index in [9.17, 15) is 0 Å². The standard InChI is InChI=1S/C6H2Br2N2S/c7-3-1-9-2-4-5(3)11-6(8)10-4/h1-2H. The van der Waals surface area contributed by atoms with Crippen molar-refractivity contribution in [2.75, 3.05) is 0 Å². The zero-order chi connectivity index (χ0) is 7.84. The van der Waals surface area contributed by atoms with Gasteiger partial charge in [0, 0.05) is 6.20 Å². The zero-order valence-corrected chi connectivity index (χ0v) is 9.20. The highest BCUT2D eigenvalue weighted by atomic mass is 79.9. The number of rotatable bonds is 0. The van der Waals surface area contributed by atoms with Crippen LogP contribution in [0.1, 0.15) is 0 Å². The van der Waals surface area contributed by atoms with Gasteiger partial charge in [-0.1, -0.05) is 0 Å². The third-order valence-corrected chi connectivity index (χ3v) is 3.65. The molecule has 2 aromatic rings. The van der Waals surface area contributed by atoms with Crippen molar-refractivity contribution >= 4 is 53.4 Å². The van der Waals surface area contributed by atoms with Crippen molar-refractivity contribution in [3.8, 4) is 0 Å². The minimum absolute atomic E-state index is 0.890. The second kappa shape index (κ2) is 2.80. The van der Waals surface area contributed by atoms with Gasteiger partial charge in [0.25, 0.3) is 0 Å². The smallest absolute Gasteiger partial charge is 0.160 e. The van der Waals surface area contributed by atoms with Crippen molar-refractivity contribution in [1.82, 2.24) is 9.97 Å². The highest BCUT2D eigenvalue weighted by molar-refractivity contribution is 9.11. The Morgan fingerprint density at radius 2 is 2.09 bits per heavy atom. The summed E-state index contributed by atoms with van der Waals surface area (Å²) in [6, 6.07) is 0. The Balaban J connectivity index is 2.90. The molecule has 0 aliphatic rings. The molecule has 0 radical (unpaired) electrons. The maximum Gasteiger partial charge on any atom is 0.160 e. The Kier molecular flexibility index (Phi) is 1.95. The predicted octanol–water partition coefficient (Wildman–Crippen LogP) is 3.22. The fourth-order valence-electron chi connectivity index (χ4n) is 0.795. The van der Waals surface area contributed by atoms with Crippen molar-refractivity contribution in [3.63, 3.8) is 0 Å². The van der Waals surface area contributed by atoms with Gasteiger partial charge >= 0.3 is 0 Å². The number of hydrogen-bond acceptors (Lipinski definition) is 3. The Bertz CT molecular complexity index is 398. The monoisotopic (exact) mass is 292 g/mol. The van der Waals surface area contributed by atoms with E-state index in [0.29, 0.717) is 0 Å². The van der Waals surface area contributed by atoms with Crippen LogP contribution >= 0.6 is 43.2 Å². The van der Waals surface area contributed by atoms with E-state index in [-0.39, 0.29) is 0 Å². The van der Waals surface area contributed by atoms with Gasteiger partial charge < -0.3 is 0 Å². The van der Waals surface area contributed by atoms with E-state index in [1.165, 1.54) is 0 Å². The Labute approximate surface area is 83.9 Å². The molecule has 2 nitrogen and oxygen atoms in total. The molecule has 0 saturated heterocycles. The Hall–Kier alpha value is -0.0000000000000000833. The highest BCUT2D eigenvalue weighted by Gasteiger charge is 2.03. The molecule has 0 fully saturated rings. The summed E-state index contributed by atoms with van der Waals surface area (Å²) in [6.45, 7) is 0. The van der Waals surface area contributed by atoms with Gasteiger partial charge in [-0.3, -0.25) is 4.98 Å². The predicted molar refractivity (Wildman–Crippen MR) is 52.8 cm³/mol. The minimum Gasteiger partial charge on any atom is -0.261 e. The summed E-state index contributed by atoms with van der Waals surface area (Å²) in [5.74, 6) is 0. The minimum atomic E-state index is 0.890. The van der Waals surface area contributed by atoms with Gasteiger partial charge in [0.15, 0.2) is 3.92 Å². The van der Waals surface area contributed by atoms with E-state index < -0.39 is 0 Å². The average Bonchev–Trinajstić information content (AvgIpc) is 2.31. The third kappa shape index (κ3) is 1.32. The lowest BCUT2D eigenvalue weighted by atomic mass is 10.5. The van der Waals surface area contributed by atoms with Crippen LogP contribution < -0.4 is 0 Å². The molecular weight excluding hydrogens is 292 g/mol. The molecule has 5 heteroatoms. The molecule has 0 spiro atoms. The van der Waals surface area contributed by atoms with Gasteiger partial charge in [0.1, 0.15) is 5.52 Å². The average molecular weight is 294 g/mol. The van der Waals surface area contributed by atoms with Gasteiger partial charge in [-0.15, -0.1) is 11.3 Å². The van der Waals surface area contributed by atoms with E-state index in [2.05, 4.69) is 41.8 Å². The van der Waals surface area contributed by atoms with Gasteiger partial charge in [0.05, 0.1) is 15.4 Å². The topological polar surface area (TPSA) is 25.8 Å². The summed E-state index contributed by atoms with van der Waals surface area (Å²) in [5, 5.41) is 0. The van der Waals surface area contributed by atoms with Gasteiger partial charge in [0.2, 0.25) is 0 Å². The maximum absolute atomic E-state index is 4.22. The molecule has 0 aliphatic carbocycles. The Morgan fingerprint density at radius 3 is 2.82 bits per heavy atom. The van der Waals surface area contributed by atoms with Crippen LogP contribution in [0.4, 0.5) is 0 Å². The van der Waals surface area contributed by atoms with Crippen LogP contribution in [0, 0.1) is 0 Å². The second-order valence-electron chi connectivity index (χ2n) is 1.94. The van der Waals surface area contributed by atoms with Crippen molar-refractivity contribution in [1.29, 1.82) is 0 Å². The van der Waals surface area contributed by atoms with Crippen LogP contribution in [-0.2, 0) is 0 Å². The molecule has 2 aromatic heterocycles. The van der Waals surface area contributed by atoms with Crippen LogP contribution in [0.5, 0.6) is 0 Å². The molecule has 2 heterocycles. The number of fused-ring (bicyclic) bond motifs is 1. The molecule has 0 aromatic carbocycles. The first-order valence-electron chi connectivity index (χ1n) is 2.83. The molecule has 0 saturated carbocycles. The number of pyridine rings is 1. The fraction of sp³-hybridized carbons (Fsp3) is 0. The summed E-state index contributed by atoms with van der Waals surface area (Å²) >= 11 is 8.31. The first-order chi connectivity index (χ1) is 5.27. The van der Waals surface area contributed by atoms with Crippen LogP contribution in [0.15, 0.2) is 20.8 Å². The molecule has 0 atom stereocenters. The molecular formula is C6H2Br2N2S. The van der Waals surface area contributed by atoms with E-state index in [1.54, 1.807) is 23.7 Å². The van der Waals surface area contributed by atoms with E-state index in [4.69, 9.17) is 0 Å². The quantitative estimate of drug-likeness (QED) is 0.745. The molecule has 0 N–H and O–H groups in total. The van der Waals surface area contributed by atoms with Gasteiger partial charge in [-0.05, 0) is 31.9 Å². The SMILES string of the molecule is Brc1nc2cncc(Br)c2s1. The number of halogens is 2. The lowest BCUT2D eigenvalue weighted by Crippen LogP contribution is -1.72. The van der Waals surface area contributed by atoms with Gasteiger partial charge in [-0.25, -0.2) is 4.98 Å². The zero-order valence-electron chi connectivity index (χ0n) is 5.21. The number of aromatic nitrogens is 2. The molecule has 0 bridgehead atoms. The second-order valence-corrected chi connectivity index (χ2v) is 5.07. The molecule has 0 amide bonds. The summed E-state index contributed by atoms with van der Waals surface area (Å²) in [6.07, 6.45) is 3.52. The van der Waals surface area contributed by atoms with E-state index in [0.717, 1.165) is 18.6 Å². The molecule has 0 aliphatic heterocycles. The van der Waals surface area contributed by atoms with Crippen LogP contribution in [0.3, 0.4) is 0 Å². The summed E-state index contributed by atoms with van der Waals surface area (Å²) < 4.78 is 3.02. The molecule has 0 unspecified atom stereocenters. The van der Waals surface area contributed by atoms with Gasteiger partial charge in [-0.2, -0.15) is 0 Å². The number of hydrogen-bond donors (Lipinski definition) is 0. The van der Waals surface area contributed by atoms with Crippen LogP contribution in [0.2, 0.25) is 0 Å². The third-order valence-electron chi connectivity index (χ3n) is 1.23. The summed E-state index contributed by atoms with van der Waals surface area (Å²) in [7, 11) is 0. The molecule has 11 heavy (non-hydrogen) atoms. The largest absolute Gasteiger partial charge is 0.261 e. The lowest BCUT2D eigenvalue weighted by Gasteiger charge is -1.87. The van der Waals surface area contributed by atoms with Crippen molar-refractivity contribution in [2.45, 2.75) is 0 Å². The van der Waals surface area contributed by atoms with Crippen molar-refractivity contribution in [2.24, 2.45) is 0 Å². The van der Waals surface area contributed by atoms with Crippen LogP contribution in [-0.4, -0.2) is 9.97 Å². The first kappa shape index (κ1) is 7.64. The normalized spacial score (nSPS) is 10.7. The highest BCUT2D eigenvalue weighted by Crippen LogP contribution is 2.30. The lowest BCUT2D eigenvalue weighted by molar-refractivity contribution is 1.32. The molecule has 2 rings (SSSR count). The molecule has 56 valence electrons. The Morgan fingerprint density at radius 1 is 1.27 bits per heavy atom. The maximum atomic E-state index is 4.22. The van der Waals surface area contributed by atoms with Crippen molar-refractivity contribution < 1.29 is 0 Å².